The Bertz CT molecular complexity index is 275. The second-order valence-corrected chi connectivity index (χ2v) is 4.24. The third-order valence-electron chi connectivity index (χ3n) is 2.62. The van der Waals surface area contributed by atoms with Crippen LogP contribution in [-0.4, -0.2) is 43.9 Å². The van der Waals surface area contributed by atoms with E-state index in [4.69, 9.17) is 4.74 Å². The van der Waals surface area contributed by atoms with Gasteiger partial charge in [-0.3, -0.25) is 4.79 Å². The van der Waals surface area contributed by atoms with E-state index in [0.717, 1.165) is 19.4 Å². The maximum absolute atomic E-state index is 11.4. The fourth-order valence-electron chi connectivity index (χ4n) is 1.67. The summed E-state index contributed by atoms with van der Waals surface area (Å²) >= 11 is 0. The number of ether oxygens (including phenoxy) is 2. The quantitative estimate of drug-likeness (QED) is 0.687. The summed E-state index contributed by atoms with van der Waals surface area (Å²) in [7, 11) is 0. The van der Waals surface area contributed by atoms with Crippen LogP contribution in [0, 0.1) is 0 Å². The molecule has 17 heavy (non-hydrogen) atoms. The minimum absolute atomic E-state index is 0.114. The van der Waals surface area contributed by atoms with Gasteiger partial charge in [0.15, 0.2) is 0 Å². The average Bonchev–Trinajstić information content (AvgIpc) is 2.72. The van der Waals surface area contributed by atoms with Crippen LogP contribution in [0.3, 0.4) is 0 Å². The monoisotopic (exact) mass is 244 g/mol. The second-order valence-electron chi connectivity index (χ2n) is 4.24. The highest BCUT2D eigenvalue weighted by atomic mass is 16.5. The molecule has 1 rings (SSSR count). The predicted molar refractivity (Wildman–Crippen MR) is 61.6 cm³/mol. The van der Waals surface area contributed by atoms with Gasteiger partial charge < -0.3 is 20.1 Å². The van der Waals surface area contributed by atoms with Gasteiger partial charge in [0, 0.05) is 13.2 Å². The smallest absolute Gasteiger partial charge is 0.325 e. The van der Waals surface area contributed by atoms with Crippen molar-refractivity contribution in [2.45, 2.75) is 32.3 Å². The Balaban J connectivity index is 2.14. The molecule has 1 fully saturated rings. The Kier molecular flexibility index (Phi) is 5.21. The lowest BCUT2D eigenvalue weighted by molar-refractivity contribution is -0.141. The minimum Gasteiger partial charge on any atom is -0.465 e. The van der Waals surface area contributed by atoms with Crippen molar-refractivity contribution in [2.75, 3.05) is 26.3 Å². The molecule has 1 aliphatic heterocycles. The summed E-state index contributed by atoms with van der Waals surface area (Å²) in [5, 5.41) is 5.11. The van der Waals surface area contributed by atoms with Crippen molar-refractivity contribution in [3.05, 3.63) is 0 Å². The van der Waals surface area contributed by atoms with Crippen molar-refractivity contribution in [3.63, 3.8) is 0 Å². The molecule has 0 aromatic heterocycles. The number of hydrogen-bond donors (Lipinski definition) is 2. The van der Waals surface area contributed by atoms with Crippen LogP contribution in [0.4, 0.5) is 4.79 Å². The molecule has 0 aromatic carbocycles. The van der Waals surface area contributed by atoms with Gasteiger partial charge >= 0.3 is 12.0 Å². The van der Waals surface area contributed by atoms with E-state index < -0.39 is 5.97 Å². The maximum Gasteiger partial charge on any atom is 0.325 e. The third kappa shape index (κ3) is 5.04. The van der Waals surface area contributed by atoms with Gasteiger partial charge in [-0.05, 0) is 26.7 Å². The highest BCUT2D eigenvalue weighted by Crippen LogP contribution is 2.23. The van der Waals surface area contributed by atoms with Crippen LogP contribution in [0.15, 0.2) is 0 Å². The van der Waals surface area contributed by atoms with Gasteiger partial charge in [-0.25, -0.2) is 4.79 Å². The Morgan fingerprint density at radius 2 is 2.18 bits per heavy atom. The van der Waals surface area contributed by atoms with E-state index >= 15 is 0 Å². The number of hydrogen-bond acceptors (Lipinski definition) is 4. The Labute approximate surface area is 101 Å². The van der Waals surface area contributed by atoms with Crippen LogP contribution in [-0.2, 0) is 14.3 Å². The molecule has 0 spiro atoms. The molecule has 2 N–H and O–H groups in total. The normalized spacial score (nSPS) is 23.2. The van der Waals surface area contributed by atoms with Crippen LogP contribution in [0.5, 0.6) is 0 Å². The zero-order chi connectivity index (χ0) is 12.7. The molecule has 1 saturated heterocycles. The third-order valence-corrected chi connectivity index (χ3v) is 2.62. The molecule has 0 aromatic rings. The second kappa shape index (κ2) is 6.44. The number of carbonyl (C=O) groups excluding carboxylic acids is 2. The van der Waals surface area contributed by atoms with Crippen molar-refractivity contribution in [1.82, 2.24) is 10.6 Å². The fraction of sp³-hybridized carbons (Fsp3) is 0.818. The number of carbonyl (C=O) groups is 2. The topological polar surface area (TPSA) is 76.7 Å². The molecule has 6 nitrogen and oxygen atoms in total. The Morgan fingerprint density at radius 3 is 2.76 bits per heavy atom. The first kappa shape index (κ1) is 13.8. The van der Waals surface area contributed by atoms with Crippen molar-refractivity contribution in [3.8, 4) is 0 Å². The Morgan fingerprint density at radius 1 is 1.41 bits per heavy atom. The molecule has 1 aliphatic rings. The lowest BCUT2D eigenvalue weighted by Crippen LogP contribution is -2.45. The van der Waals surface area contributed by atoms with Crippen LogP contribution in [0.1, 0.15) is 26.7 Å². The van der Waals surface area contributed by atoms with Gasteiger partial charge in [0.05, 0.1) is 12.2 Å². The first-order chi connectivity index (χ1) is 8.06. The van der Waals surface area contributed by atoms with Crippen LogP contribution >= 0.6 is 0 Å². The van der Waals surface area contributed by atoms with Crippen molar-refractivity contribution in [1.29, 1.82) is 0 Å². The van der Waals surface area contributed by atoms with Crippen LogP contribution < -0.4 is 10.6 Å². The number of esters is 1. The van der Waals surface area contributed by atoms with Gasteiger partial charge in [0.25, 0.3) is 0 Å². The molecule has 1 unspecified atom stereocenters. The highest BCUT2D eigenvalue weighted by Gasteiger charge is 2.29. The first-order valence-corrected chi connectivity index (χ1v) is 5.87. The molecule has 6 heteroatoms. The van der Waals surface area contributed by atoms with E-state index in [2.05, 4.69) is 15.4 Å². The summed E-state index contributed by atoms with van der Waals surface area (Å²) < 4.78 is 10.2. The van der Waals surface area contributed by atoms with Crippen molar-refractivity contribution < 1.29 is 19.1 Å². The Hall–Kier alpha value is -1.30. The van der Waals surface area contributed by atoms with Gasteiger partial charge in [-0.1, -0.05) is 0 Å². The van der Waals surface area contributed by atoms with Gasteiger partial charge in [-0.2, -0.15) is 0 Å². The van der Waals surface area contributed by atoms with Gasteiger partial charge in [0.1, 0.15) is 6.54 Å². The van der Waals surface area contributed by atoms with Crippen LogP contribution in [0.25, 0.3) is 0 Å². The number of nitrogens with one attached hydrogen (secondary N) is 2. The molecular formula is C11H20N2O4. The average molecular weight is 244 g/mol. The number of amides is 2. The highest BCUT2D eigenvalue weighted by molar-refractivity contribution is 5.80. The summed E-state index contributed by atoms with van der Waals surface area (Å²) in [6.45, 7) is 5.07. The van der Waals surface area contributed by atoms with E-state index in [0.29, 0.717) is 13.2 Å². The van der Waals surface area contributed by atoms with E-state index in [1.54, 1.807) is 6.92 Å². The maximum atomic E-state index is 11.4. The van der Waals surface area contributed by atoms with E-state index in [-0.39, 0.29) is 18.2 Å². The fourth-order valence-corrected chi connectivity index (χ4v) is 1.67. The molecule has 0 aliphatic carbocycles. The zero-order valence-corrected chi connectivity index (χ0v) is 10.4. The largest absolute Gasteiger partial charge is 0.465 e. The molecule has 1 atom stereocenters. The van der Waals surface area contributed by atoms with Gasteiger partial charge in [0.2, 0.25) is 0 Å². The summed E-state index contributed by atoms with van der Waals surface area (Å²) in [5.41, 5.74) is -0.277. The summed E-state index contributed by atoms with van der Waals surface area (Å²) in [5.74, 6) is -0.439. The van der Waals surface area contributed by atoms with Crippen LogP contribution in [0.2, 0.25) is 0 Å². The minimum atomic E-state index is -0.439. The molecule has 1 heterocycles. The molecule has 98 valence electrons. The summed E-state index contributed by atoms with van der Waals surface area (Å²) in [4.78, 5) is 22.3. The first-order valence-electron chi connectivity index (χ1n) is 5.87. The van der Waals surface area contributed by atoms with E-state index in [9.17, 15) is 9.59 Å². The lowest BCUT2D eigenvalue weighted by atomic mass is 10.0. The van der Waals surface area contributed by atoms with E-state index in [1.165, 1.54) is 0 Å². The number of rotatable bonds is 5. The molecular weight excluding hydrogens is 224 g/mol. The van der Waals surface area contributed by atoms with E-state index in [1.807, 2.05) is 6.92 Å². The number of urea groups is 1. The standard InChI is InChI=1S/C11H20N2O4/c1-3-16-9(14)7-12-10(15)13-8-11(2)5-4-6-17-11/h3-8H2,1-2H3,(H2,12,13,15). The zero-order valence-electron chi connectivity index (χ0n) is 10.4. The SMILES string of the molecule is CCOC(=O)CNC(=O)NCC1(C)CCCO1. The lowest BCUT2D eigenvalue weighted by Gasteiger charge is -2.23. The summed E-state index contributed by atoms with van der Waals surface area (Å²) in [6.07, 6.45) is 1.95. The van der Waals surface area contributed by atoms with Crippen molar-refractivity contribution in [2.24, 2.45) is 0 Å². The predicted octanol–water partition coefficient (Wildman–Crippen LogP) is 0.418. The van der Waals surface area contributed by atoms with Gasteiger partial charge in [-0.15, -0.1) is 0 Å². The van der Waals surface area contributed by atoms with Crippen molar-refractivity contribution >= 4 is 12.0 Å². The molecule has 0 radical (unpaired) electrons. The molecule has 0 bridgehead atoms. The summed E-state index contributed by atoms with van der Waals surface area (Å²) in [6, 6.07) is -0.380. The molecule has 2 amide bonds. The molecule has 0 saturated carbocycles.